The van der Waals surface area contributed by atoms with Crippen LogP contribution in [0.15, 0.2) is 53.4 Å². The van der Waals surface area contributed by atoms with Crippen LogP contribution in [0.4, 0.5) is 0 Å². The molecule has 1 amide bonds. The largest absolute Gasteiger partial charge is 0.336 e. The zero-order chi connectivity index (χ0) is 17.8. The van der Waals surface area contributed by atoms with Gasteiger partial charge in [0.1, 0.15) is 0 Å². The highest BCUT2D eigenvalue weighted by atomic mass is 32.2. The third-order valence-electron chi connectivity index (χ3n) is 4.58. The molecular weight excluding hydrogens is 332 g/mol. The van der Waals surface area contributed by atoms with E-state index in [2.05, 4.69) is 36.1 Å². The van der Waals surface area contributed by atoms with E-state index in [1.54, 1.807) is 30.5 Å². The summed E-state index contributed by atoms with van der Waals surface area (Å²) in [6, 6.07) is 15.7. The van der Waals surface area contributed by atoms with Gasteiger partial charge in [-0.15, -0.1) is 0 Å². The number of aryl methyl sites for hydroxylation is 1. The summed E-state index contributed by atoms with van der Waals surface area (Å²) < 4.78 is 11.4. The van der Waals surface area contributed by atoms with Crippen molar-refractivity contribution in [2.24, 2.45) is 0 Å². The van der Waals surface area contributed by atoms with E-state index in [9.17, 15) is 9.00 Å². The highest BCUT2D eigenvalue weighted by molar-refractivity contribution is 7.84. The zero-order valence-electron chi connectivity index (χ0n) is 14.8. The molecule has 25 heavy (non-hydrogen) atoms. The fourth-order valence-electron chi connectivity index (χ4n) is 3.15. The van der Waals surface area contributed by atoms with E-state index in [0.29, 0.717) is 5.56 Å². The summed E-state index contributed by atoms with van der Waals surface area (Å²) in [6.45, 7) is 6.30. The van der Waals surface area contributed by atoms with E-state index in [1.807, 2.05) is 4.90 Å². The number of piperazine rings is 1. The Morgan fingerprint density at radius 3 is 2.32 bits per heavy atom. The second kappa shape index (κ2) is 7.93. The highest BCUT2D eigenvalue weighted by Crippen LogP contribution is 2.14. The first-order valence-corrected chi connectivity index (χ1v) is 10.1. The molecule has 1 saturated heterocycles. The van der Waals surface area contributed by atoms with Crippen LogP contribution < -0.4 is 0 Å². The van der Waals surface area contributed by atoms with Crippen LogP contribution in [0.5, 0.6) is 0 Å². The summed E-state index contributed by atoms with van der Waals surface area (Å²) in [4.78, 5) is 17.7. The molecule has 0 aliphatic carbocycles. The van der Waals surface area contributed by atoms with Gasteiger partial charge in [-0.05, 0) is 36.8 Å². The second-order valence-corrected chi connectivity index (χ2v) is 7.92. The van der Waals surface area contributed by atoms with Gasteiger partial charge in [-0.1, -0.05) is 29.8 Å². The van der Waals surface area contributed by atoms with Gasteiger partial charge in [0.2, 0.25) is 0 Å². The van der Waals surface area contributed by atoms with Gasteiger partial charge < -0.3 is 4.90 Å². The molecule has 1 aliphatic heterocycles. The minimum absolute atomic E-state index is 0.0589. The van der Waals surface area contributed by atoms with Crippen molar-refractivity contribution >= 4 is 16.7 Å². The molecule has 4 nitrogen and oxygen atoms in total. The minimum Gasteiger partial charge on any atom is -0.336 e. The highest BCUT2D eigenvalue weighted by Gasteiger charge is 2.22. The van der Waals surface area contributed by atoms with Gasteiger partial charge in [0.15, 0.2) is 0 Å². The zero-order valence-corrected chi connectivity index (χ0v) is 15.6. The van der Waals surface area contributed by atoms with E-state index in [4.69, 9.17) is 0 Å². The summed E-state index contributed by atoms with van der Waals surface area (Å²) in [7, 11) is -1.01. The minimum atomic E-state index is -1.01. The maximum absolute atomic E-state index is 12.6. The monoisotopic (exact) mass is 356 g/mol. The first-order valence-electron chi connectivity index (χ1n) is 8.53. The van der Waals surface area contributed by atoms with Crippen LogP contribution >= 0.6 is 0 Å². The fraction of sp³-hybridized carbons (Fsp3) is 0.350. The van der Waals surface area contributed by atoms with Gasteiger partial charge in [0, 0.05) is 60.2 Å². The molecule has 2 aromatic carbocycles. The summed E-state index contributed by atoms with van der Waals surface area (Å²) in [5.74, 6) is 0.0589. The maximum Gasteiger partial charge on any atom is 0.253 e. The molecule has 0 aromatic heterocycles. The number of hydrogen-bond acceptors (Lipinski definition) is 3. The van der Waals surface area contributed by atoms with Crippen LogP contribution in [0.1, 0.15) is 21.5 Å². The van der Waals surface area contributed by atoms with Crippen LogP contribution in [0, 0.1) is 6.92 Å². The third-order valence-corrected chi connectivity index (χ3v) is 5.52. The van der Waals surface area contributed by atoms with Crippen LogP contribution in [0.25, 0.3) is 0 Å². The molecule has 5 heteroatoms. The summed E-state index contributed by atoms with van der Waals surface area (Å²) in [6.07, 6.45) is 1.64. The van der Waals surface area contributed by atoms with Crippen molar-refractivity contribution in [3.63, 3.8) is 0 Å². The Bertz CT molecular complexity index is 766. The smallest absolute Gasteiger partial charge is 0.253 e. The molecular formula is C20H24N2O2S. The Morgan fingerprint density at radius 2 is 1.72 bits per heavy atom. The quantitative estimate of drug-likeness (QED) is 0.846. The maximum atomic E-state index is 12.6. The van der Waals surface area contributed by atoms with Crippen LogP contribution in [-0.2, 0) is 17.3 Å². The number of carbonyl (C=O) groups excluding carboxylic acids is 1. The van der Waals surface area contributed by atoms with Crippen molar-refractivity contribution in [1.29, 1.82) is 0 Å². The number of nitrogens with zero attached hydrogens (tertiary/aromatic N) is 2. The van der Waals surface area contributed by atoms with Crippen LogP contribution in [0.3, 0.4) is 0 Å². The Balaban J connectivity index is 1.56. The lowest BCUT2D eigenvalue weighted by molar-refractivity contribution is 0.0628. The van der Waals surface area contributed by atoms with Gasteiger partial charge in [-0.2, -0.15) is 0 Å². The van der Waals surface area contributed by atoms with E-state index in [0.717, 1.165) is 37.6 Å². The summed E-state index contributed by atoms with van der Waals surface area (Å²) >= 11 is 0. The lowest BCUT2D eigenvalue weighted by Gasteiger charge is -2.34. The normalized spacial score (nSPS) is 16.6. The van der Waals surface area contributed by atoms with Gasteiger partial charge >= 0.3 is 0 Å². The van der Waals surface area contributed by atoms with Gasteiger partial charge in [-0.3, -0.25) is 13.9 Å². The van der Waals surface area contributed by atoms with Gasteiger partial charge in [0.25, 0.3) is 5.91 Å². The lowest BCUT2D eigenvalue weighted by Crippen LogP contribution is -2.48. The van der Waals surface area contributed by atoms with Crippen molar-refractivity contribution < 1.29 is 9.00 Å². The Morgan fingerprint density at radius 1 is 1.04 bits per heavy atom. The molecule has 0 saturated carbocycles. The first-order chi connectivity index (χ1) is 12.0. The van der Waals surface area contributed by atoms with Gasteiger partial charge in [-0.25, -0.2) is 0 Å². The Kier molecular flexibility index (Phi) is 5.66. The molecule has 3 rings (SSSR count). The van der Waals surface area contributed by atoms with Crippen LogP contribution in [-0.4, -0.2) is 52.4 Å². The average Bonchev–Trinajstić information content (AvgIpc) is 2.62. The molecule has 0 bridgehead atoms. The molecule has 2 aromatic rings. The van der Waals surface area contributed by atoms with Gasteiger partial charge in [0.05, 0.1) is 0 Å². The van der Waals surface area contributed by atoms with E-state index in [-0.39, 0.29) is 5.91 Å². The molecule has 1 heterocycles. The average molecular weight is 356 g/mol. The predicted octanol–water partition coefficient (Wildman–Crippen LogP) is 2.69. The van der Waals surface area contributed by atoms with Crippen molar-refractivity contribution in [3.05, 3.63) is 65.2 Å². The number of hydrogen-bond donors (Lipinski definition) is 0. The molecule has 0 spiro atoms. The fourth-order valence-corrected chi connectivity index (χ4v) is 3.67. The van der Waals surface area contributed by atoms with Crippen molar-refractivity contribution in [3.8, 4) is 0 Å². The Hall–Kier alpha value is -1.98. The van der Waals surface area contributed by atoms with Crippen molar-refractivity contribution in [2.75, 3.05) is 32.4 Å². The van der Waals surface area contributed by atoms with Crippen molar-refractivity contribution in [1.82, 2.24) is 9.80 Å². The molecule has 1 fully saturated rings. The predicted molar refractivity (Wildman–Crippen MR) is 101 cm³/mol. The third kappa shape index (κ3) is 4.55. The number of carbonyl (C=O) groups is 1. The van der Waals surface area contributed by atoms with E-state index >= 15 is 0 Å². The summed E-state index contributed by atoms with van der Waals surface area (Å²) in [5.41, 5.74) is 3.27. The van der Waals surface area contributed by atoms with Crippen molar-refractivity contribution in [2.45, 2.75) is 18.4 Å². The molecule has 1 unspecified atom stereocenters. The topological polar surface area (TPSA) is 40.6 Å². The molecule has 132 valence electrons. The van der Waals surface area contributed by atoms with E-state index < -0.39 is 10.8 Å². The SMILES string of the molecule is Cc1cccc(CN2CCN(C(=O)c3ccc(S(C)=O)cc3)CC2)c1. The number of amides is 1. The molecule has 1 atom stereocenters. The first kappa shape index (κ1) is 17.8. The molecule has 0 radical (unpaired) electrons. The van der Waals surface area contributed by atoms with E-state index in [1.165, 1.54) is 11.1 Å². The Labute approximate surface area is 151 Å². The second-order valence-electron chi connectivity index (χ2n) is 6.54. The number of benzene rings is 2. The summed E-state index contributed by atoms with van der Waals surface area (Å²) in [5, 5.41) is 0. The standard InChI is InChI=1S/C20H24N2O2S/c1-16-4-3-5-17(14-16)15-21-10-12-22(13-11-21)20(23)18-6-8-19(9-7-18)25(2)24/h3-9,14H,10-13,15H2,1-2H3. The molecule has 1 aliphatic rings. The lowest BCUT2D eigenvalue weighted by atomic mass is 10.1. The molecule has 0 N–H and O–H groups in total. The number of rotatable bonds is 4. The van der Waals surface area contributed by atoms with Crippen LogP contribution in [0.2, 0.25) is 0 Å².